The van der Waals surface area contributed by atoms with Gasteiger partial charge in [0.15, 0.2) is 0 Å². The number of carbonyl (C=O) groups is 2. The molecule has 3 aromatic rings. The number of sulfonamides is 1. The van der Waals surface area contributed by atoms with Gasteiger partial charge in [-0.05, 0) is 74.4 Å². The zero-order valence-corrected chi connectivity index (χ0v) is 24.1. The van der Waals surface area contributed by atoms with Crippen molar-refractivity contribution >= 4 is 50.7 Å². The zero-order valence-electron chi connectivity index (χ0n) is 21.8. The van der Waals surface area contributed by atoms with E-state index in [1.165, 1.54) is 35.2 Å². The third-order valence-electron chi connectivity index (χ3n) is 6.25. The molecule has 2 amide bonds. The summed E-state index contributed by atoms with van der Waals surface area (Å²) in [4.78, 5) is 28.1. The SMILES string of the molecule is CC[C@H](C)NC(=O)[C@H](C)N(Cc1ccc(Cl)cc1Cl)C(=O)CN(c1ccc(F)cc1)S(=O)(=O)c1ccccc1. The fourth-order valence-corrected chi connectivity index (χ4v) is 5.64. The molecule has 0 aliphatic heterocycles. The van der Waals surface area contributed by atoms with E-state index in [2.05, 4.69) is 5.32 Å². The number of carbonyl (C=O) groups excluding carboxylic acids is 2. The lowest BCUT2D eigenvalue weighted by atomic mass is 10.1. The van der Waals surface area contributed by atoms with Gasteiger partial charge in [-0.2, -0.15) is 0 Å². The maximum absolute atomic E-state index is 13.9. The Labute approximate surface area is 238 Å². The minimum Gasteiger partial charge on any atom is -0.352 e. The molecule has 0 heterocycles. The Morgan fingerprint density at radius 2 is 1.62 bits per heavy atom. The number of benzene rings is 3. The smallest absolute Gasteiger partial charge is 0.264 e. The number of nitrogens with zero attached hydrogens (tertiary/aromatic N) is 2. The average molecular weight is 595 g/mol. The molecule has 7 nitrogen and oxygen atoms in total. The molecule has 2 atom stereocenters. The predicted molar refractivity (Wildman–Crippen MR) is 152 cm³/mol. The lowest BCUT2D eigenvalue weighted by Crippen LogP contribution is -2.52. The number of anilines is 1. The van der Waals surface area contributed by atoms with Gasteiger partial charge >= 0.3 is 0 Å². The van der Waals surface area contributed by atoms with Crippen molar-refractivity contribution in [3.8, 4) is 0 Å². The maximum Gasteiger partial charge on any atom is 0.264 e. The van der Waals surface area contributed by atoms with Crippen LogP contribution in [0.3, 0.4) is 0 Å². The van der Waals surface area contributed by atoms with Crippen molar-refractivity contribution in [2.24, 2.45) is 0 Å². The molecule has 0 unspecified atom stereocenters. The summed E-state index contributed by atoms with van der Waals surface area (Å²) in [6, 6.07) is 16.1. The van der Waals surface area contributed by atoms with Crippen molar-refractivity contribution in [3.05, 3.63) is 94.2 Å². The van der Waals surface area contributed by atoms with Gasteiger partial charge in [0.25, 0.3) is 10.0 Å². The molecule has 0 radical (unpaired) electrons. The van der Waals surface area contributed by atoms with Crippen LogP contribution in [-0.2, 0) is 26.2 Å². The third kappa shape index (κ3) is 7.71. The van der Waals surface area contributed by atoms with Gasteiger partial charge in [0.05, 0.1) is 10.6 Å². The summed E-state index contributed by atoms with van der Waals surface area (Å²) >= 11 is 12.4. The first-order chi connectivity index (χ1) is 18.4. The second-order valence-electron chi connectivity index (χ2n) is 9.05. The molecule has 1 N–H and O–H groups in total. The van der Waals surface area contributed by atoms with E-state index in [-0.39, 0.29) is 23.2 Å². The highest BCUT2D eigenvalue weighted by atomic mass is 35.5. The summed E-state index contributed by atoms with van der Waals surface area (Å²) in [5.74, 6) is -1.62. The number of hydrogen-bond donors (Lipinski definition) is 1. The van der Waals surface area contributed by atoms with Gasteiger partial charge in [-0.3, -0.25) is 13.9 Å². The van der Waals surface area contributed by atoms with Crippen molar-refractivity contribution in [1.82, 2.24) is 10.2 Å². The molecule has 11 heteroatoms. The molecular formula is C28H30Cl2FN3O4S. The molecule has 208 valence electrons. The van der Waals surface area contributed by atoms with E-state index in [0.29, 0.717) is 22.0 Å². The molecular weight excluding hydrogens is 564 g/mol. The van der Waals surface area contributed by atoms with E-state index in [9.17, 15) is 22.4 Å². The maximum atomic E-state index is 13.9. The van der Waals surface area contributed by atoms with Crippen LogP contribution in [0.25, 0.3) is 0 Å². The summed E-state index contributed by atoms with van der Waals surface area (Å²) in [5, 5.41) is 3.56. The molecule has 0 saturated carbocycles. The summed E-state index contributed by atoms with van der Waals surface area (Å²) in [6.07, 6.45) is 0.684. The summed E-state index contributed by atoms with van der Waals surface area (Å²) in [7, 11) is -4.23. The second-order valence-corrected chi connectivity index (χ2v) is 11.8. The Kier molecular flexibility index (Phi) is 10.4. The Bertz CT molecular complexity index is 1410. The summed E-state index contributed by atoms with van der Waals surface area (Å²) in [5.41, 5.74) is 0.617. The lowest BCUT2D eigenvalue weighted by molar-refractivity contribution is -0.139. The molecule has 0 fully saturated rings. The Morgan fingerprint density at radius 1 is 0.974 bits per heavy atom. The first kappa shape index (κ1) is 30.4. The van der Waals surface area contributed by atoms with Gasteiger partial charge in [-0.15, -0.1) is 0 Å². The van der Waals surface area contributed by atoms with Crippen molar-refractivity contribution in [1.29, 1.82) is 0 Å². The molecule has 3 aromatic carbocycles. The van der Waals surface area contributed by atoms with Gasteiger partial charge < -0.3 is 10.2 Å². The highest BCUT2D eigenvalue weighted by molar-refractivity contribution is 7.92. The number of amides is 2. The molecule has 3 rings (SSSR count). The molecule has 0 aliphatic carbocycles. The Morgan fingerprint density at radius 3 is 2.21 bits per heavy atom. The fraction of sp³-hybridized carbons (Fsp3) is 0.286. The molecule has 0 aromatic heterocycles. The molecule has 0 aliphatic rings. The van der Waals surface area contributed by atoms with Gasteiger partial charge in [0.1, 0.15) is 18.4 Å². The Hall–Kier alpha value is -3.14. The van der Waals surface area contributed by atoms with E-state index in [0.717, 1.165) is 16.4 Å². The van der Waals surface area contributed by atoms with Crippen LogP contribution in [0, 0.1) is 5.82 Å². The van der Waals surface area contributed by atoms with Gasteiger partial charge in [0, 0.05) is 22.6 Å². The highest BCUT2D eigenvalue weighted by Gasteiger charge is 2.33. The van der Waals surface area contributed by atoms with E-state index in [1.54, 1.807) is 37.3 Å². The zero-order chi connectivity index (χ0) is 28.7. The largest absolute Gasteiger partial charge is 0.352 e. The number of hydrogen-bond acceptors (Lipinski definition) is 4. The number of nitrogens with one attached hydrogen (secondary N) is 1. The van der Waals surface area contributed by atoms with E-state index < -0.39 is 40.2 Å². The second kappa shape index (κ2) is 13.3. The van der Waals surface area contributed by atoms with Gasteiger partial charge in [-0.25, -0.2) is 12.8 Å². The van der Waals surface area contributed by atoms with Crippen LogP contribution in [0.1, 0.15) is 32.8 Å². The topological polar surface area (TPSA) is 86.8 Å². The molecule has 0 spiro atoms. The van der Waals surface area contributed by atoms with Gasteiger partial charge in [0.2, 0.25) is 11.8 Å². The average Bonchev–Trinajstić information content (AvgIpc) is 2.91. The van der Waals surface area contributed by atoms with Crippen molar-refractivity contribution in [2.75, 3.05) is 10.8 Å². The molecule has 39 heavy (non-hydrogen) atoms. The minimum absolute atomic E-state index is 0.0445. The van der Waals surface area contributed by atoms with Crippen molar-refractivity contribution in [2.45, 2.75) is 50.7 Å². The minimum atomic E-state index is -4.23. The third-order valence-corrected chi connectivity index (χ3v) is 8.62. The van der Waals surface area contributed by atoms with Crippen LogP contribution in [0.5, 0.6) is 0 Å². The van der Waals surface area contributed by atoms with E-state index in [1.807, 2.05) is 13.8 Å². The van der Waals surface area contributed by atoms with Crippen LogP contribution in [-0.4, -0.2) is 43.8 Å². The molecule has 0 saturated heterocycles. The van der Waals surface area contributed by atoms with Crippen LogP contribution >= 0.6 is 23.2 Å². The van der Waals surface area contributed by atoms with Crippen LogP contribution in [0.4, 0.5) is 10.1 Å². The van der Waals surface area contributed by atoms with Crippen molar-refractivity contribution < 1.29 is 22.4 Å². The normalized spacial score (nSPS) is 12.9. The lowest BCUT2D eigenvalue weighted by Gasteiger charge is -2.32. The quantitative estimate of drug-likeness (QED) is 0.311. The Balaban J connectivity index is 2.03. The molecule has 0 bridgehead atoms. The number of rotatable bonds is 11. The van der Waals surface area contributed by atoms with Crippen molar-refractivity contribution in [3.63, 3.8) is 0 Å². The summed E-state index contributed by atoms with van der Waals surface area (Å²) in [6.45, 7) is 4.60. The number of halogens is 3. The van der Waals surface area contributed by atoms with Crippen LogP contribution < -0.4 is 9.62 Å². The fourth-order valence-electron chi connectivity index (χ4n) is 3.74. The highest BCUT2D eigenvalue weighted by Crippen LogP contribution is 2.26. The standard InChI is InChI=1S/C28H30Cl2FN3O4S/c1-4-19(2)32-28(36)20(3)33(17-21-10-11-22(29)16-26(21)30)27(35)18-34(24-14-12-23(31)13-15-24)39(37,38)25-8-6-5-7-9-25/h5-16,19-20H,4,17-18H2,1-3H3,(H,32,36)/t19-,20-/m0/s1. The monoisotopic (exact) mass is 593 g/mol. The first-order valence-electron chi connectivity index (χ1n) is 12.3. The summed E-state index contributed by atoms with van der Waals surface area (Å²) < 4.78 is 41.9. The van der Waals surface area contributed by atoms with Gasteiger partial charge in [-0.1, -0.05) is 54.4 Å². The van der Waals surface area contributed by atoms with E-state index >= 15 is 0 Å². The van der Waals surface area contributed by atoms with E-state index in [4.69, 9.17) is 23.2 Å². The van der Waals surface area contributed by atoms with Crippen LogP contribution in [0.15, 0.2) is 77.7 Å². The predicted octanol–water partition coefficient (Wildman–Crippen LogP) is 5.66. The van der Waals surface area contributed by atoms with Crippen LogP contribution in [0.2, 0.25) is 10.0 Å². The first-order valence-corrected chi connectivity index (χ1v) is 14.5.